The lowest BCUT2D eigenvalue weighted by molar-refractivity contribution is -0.124. The Hall–Kier alpha value is -1.79. The van der Waals surface area contributed by atoms with E-state index < -0.39 is 0 Å². The van der Waals surface area contributed by atoms with Crippen LogP contribution in [0, 0.1) is 6.92 Å². The first-order valence-electron chi connectivity index (χ1n) is 6.77. The molecule has 118 valence electrons. The molecular weight excluding hydrogens is 274 g/mol. The molecule has 0 aromatic heterocycles. The van der Waals surface area contributed by atoms with Gasteiger partial charge in [-0.3, -0.25) is 4.79 Å². The highest BCUT2D eigenvalue weighted by Crippen LogP contribution is 2.27. The zero-order valence-corrected chi connectivity index (χ0v) is 12.7. The molecule has 6 nitrogen and oxygen atoms in total. The first kappa shape index (κ1) is 17.3. The van der Waals surface area contributed by atoms with E-state index in [-0.39, 0.29) is 25.2 Å². The number of carbonyl (C=O) groups is 1. The number of carbonyl (C=O) groups excluding carboxylic acids is 1. The minimum Gasteiger partial charge on any atom is -0.493 e. The Morgan fingerprint density at radius 3 is 2.71 bits per heavy atom. The Labute approximate surface area is 125 Å². The van der Waals surface area contributed by atoms with Crippen LogP contribution in [-0.4, -0.2) is 51.1 Å². The second-order valence-corrected chi connectivity index (χ2v) is 4.68. The zero-order chi connectivity index (χ0) is 15.7. The molecule has 1 aromatic carbocycles. The Balaban J connectivity index is 2.52. The van der Waals surface area contributed by atoms with E-state index in [4.69, 9.17) is 19.3 Å². The number of aliphatic hydroxyl groups is 1. The van der Waals surface area contributed by atoms with Gasteiger partial charge in [0.1, 0.15) is 0 Å². The normalized spacial score (nSPS) is 11.8. The molecular formula is C15H23NO5. The van der Waals surface area contributed by atoms with Crippen LogP contribution in [0.4, 0.5) is 0 Å². The number of hydrogen-bond acceptors (Lipinski definition) is 5. The van der Waals surface area contributed by atoms with Gasteiger partial charge in [-0.05, 0) is 31.0 Å². The summed E-state index contributed by atoms with van der Waals surface area (Å²) in [5, 5.41) is 11.7. The Morgan fingerprint density at radius 2 is 2.10 bits per heavy atom. The van der Waals surface area contributed by atoms with Gasteiger partial charge in [-0.1, -0.05) is 6.07 Å². The molecule has 21 heavy (non-hydrogen) atoms. The molecule has 0 spiro atoms. The maximum absolute atomic E-state index is 11.8. The van der Waals surface area contributed by atoms with Crippen LogP contribution >= 0.6 is 0 Å². The summed E-state index contributed by atoms with van der Waals surface area (Å²) >= 11 is 0. The van der Waals surface area contributed by atoms with Crippen LogP contribution in [0.25, 0.3) is 0 Å². The van der Waals surface area contributed by atoms with Crippen molar-refractivity contribution in [1.82, 2.24) is 5.32 Å². The SMILES string of the molecule is COCC(CCO)NC(=O)COc1ccc(C)cc1OC. The van der Waals surface area contributed by atoms with Crippen molar-refractivity contribution in [2.24, 2.45) is 0 Å². The molecule has 0 aliphatic rings. The minimum absolute atomic E-state index is 0.0129. The monoisotopic (exact) mass is 297 g/mol. The van der Waals surface area contributed by atoms with E-state index in [9.17, 15) is 4.79 Å². The van der Waals surface area contributed by atoms with Gasteiger partial charge < -0.3 is 24.6 Å². The zero-order valence-electron chi connectivity index (χ0n) is 12.7. The van der Waals surface area contributed by atoms with E-state index >= 15 is 0 Å². The molecule has 1 atom stereocenters. The predicted octanol–water partition coefficient (Wildman–Crippen LogP) is 0.896. The smallest absolute Gasteiger partial charge is 0.258 e. The summed E-state index contributed by atoms with van der Waals surface area (Å²) in [6.45, 7) is 2.16. The summed E-state index contributed by atoms with van der Waals surface area (Å²) in [6.07, 6.45) is 0.438. The number of methoxy groups -OCH3 is 2. The lowest BCUT2D eigenvalue weighted by atomic mass is 10.2. The molecule has 1 aromatic rings. The molecule has 0 fully saturated rings. The molecule has 1 rings (SSSR count). The van der Waals surface area contributed by atoms with Crippen LogP contribution in [-0.2, 0) is 9.53 Å². The van der Waals surface area contributed by atoms with Crippen LogP contribution in [0.1, 0.15) is 12.0 Å². The van der Waals surface area contributed by atoms with Gasteiger partial charge in [0, 0.05) is 13.7 Å². The molecule has 1 unspecified atom stereocenters. The number of amides is 1. The van der Waals surface area contributed by atoms with Gasteiger partial charge in [0.05, 0.1) is 19.8 Å². The lowest BCUT2D eigenvalue weighted by Gasteiger charge is -2.17. The van der Waals surface area contributed by atoms with Gasteiger partial charge in [0.15, 0.2) is 18.1 Å². The van der Waals surface area contributed by atoms with E-state index in [0.29, 0.717) is 24.5 Å². The fourth-order valence-corrected chi connectivity index (χ4v) is 1.86. The molecule has 0 saturated carbocycles. The van der Waals surface area contributed by atoms with Crippen LogP contribution < -0.4 is 14.8 Å². The molecule has 0 bridgehead atoms. The number of hydrogen-bond donors (Lipinski definition) is 2. The summed E-state index contributed by atoms with van der Waals surface area (Å²) in [4.78, 5) is 11.8. The molecule has 0 heterocycles. The average Bonchev–Trinajstić information content (AvgIpc) is 2.46. The Morgan fingerprint density at radius 1 is 1.33 bits per heavy atom. The van der Waals surface area contributed by atoms with Crippen molar-refractivity contribution < 1.29 is 24.1 Å². The van der Waals surface area contributed by atoms with Crippen molar-refractivity contribution in [3.8, 4) is 11.5 Å². The van der Waals surface area contributed by atoms with Gasteiger partial charge in [0.2, 0.25) is 0 Å². The van der Waals surface area contributed by atoms with Gasteiger partial charge in [-0.2, -0.15) is 0 Å². The van der Waals surface area contributed by atoms with Crippen molar-refractivity contribution in [3.05, 3.63) is 23.8 Å². The van der Waals surface area contributed by atoms with E-state index in [1.54, 1.807) is 20.3 Å². The average molecular weight is 297 g/mol. The number of ether oxygens (including phenoxy) is 3. The number of nitrogens with one attached hydrogen (secondary N) is 1. The van der Waals surface area contributed by atoms with E-state index in [1.165, 1.54) is 0 Å². The molecule has 0 aliphatic carbocycles. The highest BCUT2D eigenvalue weighted by atomic mass is 16.5. The van der Waals surface area contributed by atoms with Crippen molar-refractivity contribution in [2.45, 2.75) is 19.4 Å². The van der Waals surface area contributed by atoms with Crippen molar-refractivity contribution >= 4 is 5.91 Å². The maximum atomic E-state index is 11.8. The molecule has 1 amide bonds. The van der Waals surface area contributed by atoms with Gasteiger partial charge in [-0.15, -0.1) is 0 Å². The highest BCUT2D eigenvalue weighted by molar-refractivity contribution is 5.78. The first-order chi connectivity index (χ1) is 10.1. The third kappa shape index (κ3) is 6.01. The van der Waals surface area contributed by atoms with Crippen molar-refractivity contribution in [3.63, 3.8) is 0 Å². The third-order valence-electron chi connectivity index (χ3n) is 2.89. The Kier molecular flexibility index (Phi) is 7.56. The van der Waals surface area contributed by atoms with E-state index in [0.717, 1.165) is 5.56 Å². The fraction of sp³-hybridized carbons (Fsp3) is 0.533. The van der Waals surface area contributed by atoms with Crippen molar-refractivity contribution in [1.29, 1.82) is 0 Å². The predicted molar refractivity (Wildman–Crippen MR) is 78.7 cm³/mol. The van der Waals surface area contributed by atoms with Gasteiger partial charge in [0.25, 0.3) is 5.91 Å². The third-order valence-corrected chi connectivity index (χ3v) is 2.89. The number of aliphatic hydroxyl groups excluding tert-OH is 1. The summed E-state index contributed by atoms with van der Waals surface area (Å²) < 4.78 is 15.7. The van der Waals surface area contributed by atoms with E-state index in [1.807, 2.05) is 19.1 Å². The maximum Gasteiger partial charge on any atom is 0.258 e. The van der Waals surface area contributed by atoms with Crippen LogP contribution in [0.3, 0.4) is 0 Å². The number of benzene rings is 1. The van der Waals surface area contributed by atoms with Crippen molar-refractivity contribution in [2.75, 3.05) is 34.0 Å². The Bertz CT molecular complexity index is 444. The van der Waals surface area contributed by atoms with Crippen LogP contribution in [0.15, 0.2) is 18.2 Å². The lowest BCUT2D eigenvalue weighted by Crippen LogP contribution is -2.41. The molecule has 0 saturated heterocycles. The molecule has 0 radical (unpaired) electrons. The fourth-order valence-electron chi connectivity index (χ4n) is 1.86. The largest absolute Gasteiger partial charge is 0.493 e. The summed E-state index contributed by atoms with van der Waals surface area (Å²) in [5.74, 6) is 0.837. The molecule has 2 N–H and O–H groups in total. The minimum atomic E-state index is -0.270. The molecule has 6 heteroatoms. The highest BCUT2D eigenvalue weighted by Gasteiger charge is 2.13. The summed E-state index contributed by atoms with van der Waals surface area (Å²) in [6, 6.07) is 5.26. The second kappa shape index (κ2) is 9.20. The standard InChI is InChI=1S/C15H23NO5/c1-11-4-5-13(14(8-11)20-3)21-10-15(18)16-12(6-7-17)9-19-2/h4-5,8,12,17H,6-7,9-10H2,1-3H3,(H,16,18). The van der Waals surface area contributed by atoms with Gasteiger partial charge >= 0.3 is 0 Å². The number of rotatable bonds is 9. The van der Waals surface area contributed by atoms with Crippen LogP contribution in [0.2, 0.25) is 0 Å². The van der Waals surface area contributed by atoms with E-state index in [2.05, 4.69) is 5.32 Å². The second-order valence-electron chi connectivity index (χ2n) is 4.68. The molecule has 0 aliphatic heterocycles. The topological polar surface area (TPSA) is 77.0 Å². The quantitative estimate of drug-likeness (QED) is 0.708. The number of aryl methyl sites for hydroxylation is 1. The van der Waals surface area contributed by atoms with Gasteiger partial charge in [-0.25, -0.2) is 0 Å². The first-order valence-corrected chi connectivity index (χ1v) is 6.77. The summed E-state index contributed by atoms with van der Waals surface area (Å²) in [7, 11) is 3.10. The summed E-state index contributed by atoms with van der Waals surface area (Å²) in [5.41, 5.74) is 1.05. The van der Waals surface area contributed by atoms with Crippen LogP contribution in [0.5, 0.6) is 11.5 Å².